The van der Waals surface area contributed by atoms with Gasteiger partial charge in [0.2, 0.25) is 7.37 Å². The molecule has 1 aromatic carbocycles. The highest BCUT2D eigenvalue weighted by atomic mass is 31.2. The van der Waals surface area contributed by atoms with Crippen LogP contribution in [-0.4, -0.2) is 51.0 Å². The van der Waals surface area contributed by atoms with Crippen LogP contribution in [0, 0.1) is 0 Å². The Labute approximate surface area is 147 Å². The Hall–Kier alpha value is -1.53. The lowest BCUT2D eigenvalue weighted by molar-refractivity contribution is -0.791. The number of hydrogen-bond donors (Lipinski definition) is 3. The van der Waals surface area contributed by atoms with Gasteiger partial charge in [-0.15, -0.1) is 0 Å². The van der Waals surface area contributed by atoms with E-state index in [1.807, 2.05) is 30.3 Å². The maximum absolute atomic E-state index is 12.6. The first-order valence-corrected chi connectivity index (χ1v) is 10.4. The second kappa shape index (κ2) is 7.79. The second-order valence-corrected chi connectivity index (χ2v) is 9.26. The fourth-order valence-corrected chi connectivity index (χ4v) is 4.84. The molecular formula is C17H26N2O5P+. The molecule has 0 radical (unpaired) electrons. The molecule has 4 atom stereocenters. The monoisotopic (exact) mass is 369 g/mol. The molecule has 0 aromatic heterocycles. The molecule has 2 amide bonds. The highest BCUT2D eigenvalue weighted by molar-refractivity contribution is 7.59. The summed E-state index contributed by atoms with van der Waals surface area (Å²) in [7, 11) is -3.99. The van der Waals surface area contributed by atoms with Crippen molar-refractivity contribution in [3.8, 4) is 0 Å². The van der Waals surface area contributed by atoms with E-state index >= 15 is 0 Å². The van der Waals surface area contributed by atoms with E-state index in [2.05, 4.69) is 0 Å². The van der Waals surface area contributed by atoms with Gasteiger partial charge in [0.1, 0.15) is 12.2 Å². The van der Waals surface area contributed by atoms with Gasteiger partial charge in [0.15, 0.2) is 0 Å². The standard InChI is InChI=1S/C17H25N2O5P/c1-13-6-5-11-19(13,17(21)22)16(20)12-25(23,24)15(18)10-9-14-7-3-2-4-8-14/h2-4,7-8,13,15H,5-6,9-12,18H2,1H3,(H-,21,22,23,24)/p+1/t13-,15?,19?/m1/s1. The summed E-state index contributed by atoms with van der Waals surface area (Å²) in [5.41, 5.74) is 6.87. The average Bonchev–Trinajstić information content (AvgIpc) is 2.95. The van der Waals surface area contributed by atoms with Crippen LogP contribution < -0.4 is 5.73 Å². The van der Waals surface area contributed by atoms with Crippen LogP contribution in [0.25, 0.3) is 0 Å². The predicted octanol–water partition coefficient (Wildman–Crippen LogP) is 2.38. The number of amides is 2. The summed E-state index contributed by atoms with van der Waals surface area (Å²) in [6.45, 7) is 1.85. The molecule has 4 N–H and O–H groups in total. The van der Waals surface area contributed by atoms with Crippen molar-refractivity contribution in [2.75, 3.05) is 12.7 Å². The molecule has 0 spiro atoms. The Morgan fingerprint density at radius 2 is 2.00 bits per heavy atom. The maximum atomic E-state index is 12.6. The summed E-state index contributed by atoms with van der Waals surface area (Å²) in [6.07, 6.45) is 0.0412. The summed E-state index contributed by atoms with van der Waals surface area (Å²) in [5.74, 6) is -1.78. The molecule has 1 heterocycles. The van der Waals surface area contributed by atoms with Crippen molar-refractivity contribution in [2.45, 2.75) is 44.4 Å². The number of benzene rings is 1. The summed E-state index contributed by atoms with van der Waals surface area (Å²) in [4.78, 5) is 34.6. The number of hydrogen-bond acceptors (Lipinski definition) is 4. The third kappa shape index (κ3) is 4.18. The van der Waals surface area contributed by atoms with Gasteiger partial charge in [0.25, 0.3) is 0 Å². The number of likely N-dealkylation sites (tertiary alicyclic amines) is 1. The van der Waals surface area contributed by atoms with Crippen LogP contribution in [0.2, 0.25) is 0 Å². The van der Waals surface area contributed by atoms with Gasteiger partial charge >= 0.3 is 12.0 Å². The zero-order chi connectivity index (χ0) is 18.7. The third-order valence-electron chi connectivity index (χ3n) is 5.12. The molecular weight excluding hydrogens is 343 g/mol. The van der Waals surface area contributed by atoms with Crippen molar-refractivity contribution >= 4 is 19.4 Å². The first-order chi connectivity index (χ1) is 11.7. The number of aryl methyl sites for hydroxylation is 1. The van der Waals surface area contributed by atoms with Crippen LogP contribution in [0.4, 0.5) is 4.79 Å². The number of quaternary nitrogens is 1. The summed E-state index contributed by atoms with van der Waals surface area (Å²) < 4.78 is 11.8. The normalized spacial score (nSPS) is 26.8. The first kappa shape index (κ1) is 19.8. The summed E-state index contributed by atoms with van der Waals surface area (Å²) in [6, 6.07) is 9.03. The smallest absolute Gasteiger partial charge is 0.435 e. The Morgan fingerprint density at radius 1 is 1.36 bits per heavy atom. The van der Waals surface area contributed by atoms with Gasteiger partial charge in [-0.2, -0.15) is 9.28 Å². The molecule has 1 aliphatic heterocycles. The van der Waals surface area contributed by atoms with Crippen molar-refractivity contribution in [1.29, 1.82) is 0 Å². The Morgan fingerprint density at radius 3 is 2.52 bits per heavy atom. The van der Waals surface area contributed by atoms with Gasteiger partial charge in [-0.25, -0.2) is 4.79 Å². The lowest BCUT2D eigenvalue weighted by atomic mass is 10.1. The maximum Gasteiger partial charge on any atom is 0.521 e. The van der Waals surface area contributed by atoms with Crippen LogP contribution in [0.15, 0.2) is 30.3 Å². The minimum Gasteiger partial charge on any atom is -0.435 e. The molecule has 1 saturated heterocycles. The van der Waals surface area contributed by atoms with Gasteiger partial charge in [-0.3, -0.25) is 4.57 Å². The molecule has 2 rings (SSSR count). The van der Waals surface area contributed by atoms with Crippen molar-refractivity contribution < 1.29 is 28.6 Å². The van der Waals surface area contributed by atoms with Crippen LogP contribution in [0.1, 0.15) is 31.7 Å². The van der Waals surface area contributed by atoms with Crippen LogP contribution in [0.5, 0.6) is 0 Å². The molecule has 0 saturated carbocycles. The first-order valence-electron chi connectivity index (χ1n) is 8.46. The third-order valence-corrected chi connectivity index (χ3v) is 7.14. The molecule has 0 aliphatic carbocycles. The number of nitrogens with two attached hydrogens (primary N) is 1. The van der Waals surface area contributed by atoms with E-state index in [4.69, 9.17) is 5.73 Å². The second-order valence-electron chi connectivity index (χ2n) is 6.77. The summed E-state index contributed by atoms with van der Waals surface area (Å²) in [5, 5.41) is 9.54. The van der Waals surface area contributed by atoms with Crippen molar-refractivity contribution in [1.82, 2.24) is 0 Å². The van der Waals surface area contributed by atoms with E-state index in [0.717, 1.165) is 5.56 Å². The molecule has 25 heavy (non-hydrogen) atoms. The van der Waals surface area contributed by atoms with Crippen molar-refractivity contribution in [3.63, 3.8) is 0 Å². The highest BCUT2D eigenvalue weighted by Gasteiger charge is 2.54. The average molecular weight is 369 g/mol. The molecule has 1 aliphatic rings. The number of carboxylic acid groups (broad SMARTS) is 1. The van der Waals surface area contributed by atoms with E-state index in [1.165, 1.54) is 0 Å². The molecule has 3 unspecified atom stereocenters. The summed E-state index contributed by atoms with van der Waals surface area (Å²) >= 11 is 0. The van der Waals surface area contributed by atoms with E-state index < -0.39 is 41.8 Å². The Bertz CT molecular complexity index is 681. The van der Waals surface area contributed by atoms with E-state index in [-0.39, 0.29) is 13.0 Å². The lowest BCUT2D eigenvalue weighted by Gasteiger charge is -2.31. The fourth-order valence-electron chi connectivity index (χ4n) is 3.44. The Kier molecular flexibility index (Phi) is 6.16. The highest BCUT2D eigenvalue weighted by Crippen LogP contribution is 2.47. The largest absolute Gasteiger partial charge is 0.521 e. The zero-order valence-electron chi connectivity index (χ0n) is 14.4. The minimum absolute atomic E-state index is 0.161. The Balaban J connectivity index is 2.05. The van der Waals surface area contributed by atoms with E-state index in [1.54, 1.807) is 6.92 Å². The quantitative estimate of drug-likeness (QED) is 0.523. The molecule has 0 bridgehead atoms. The van der Waals surface area contributed by atoms with Crippen LogP contribution in [0.3, 0.4) is 0 Å². The molecule has 7 nitrogen and oxygen atoms in total. The minimum atomic E-state index is -3.99. The van der Waals surface area contributed by atoms with Gasteiger partial charge in [-0.05, 0) is 25.3 Å². The van der Waals surface area contributed by atoms with Crippen molar-refractivity contribution in [2.24, 2.45) is 5.73 Å². The number of carbonyl (C=O) groups excluding carboxylic acids is 1. The molecule has 1 aromatic rings. The lowest BCUT2D eigenvalue weighted by Crippen LogP contribution is -2.59. The molecule has 138 valence electrons. The van der Waals surface area contributed by atoms with Crippen LogP contribution >= 0.6 is 7.37 Å². The SMILES string of the molecule is C[C@@H]1CCC[N+]1(C(=O)O)C(=O)CP(=O)(O)C(N)CCc1ccccc1. The number of imide groups is 1. The van der Waals surface area contributed by atoms with Crippen molar-refractivity contribution in [3.05, 3.63) is 35.9 Å². The zero-order valence-corrected chi connectivity index (χ0v) is 15.3. The van der Waals surface area contributed by atoms with Crippen LogP contribution in [-0.2, 0) is 15.8 Å². The number of carbonyl (C=O) groups is 2. The van der Waals surface area contributed by atoms with Gasteiger partial charge in [0, 0.05) is 12.8 Å². The van der Waals surface area contributed by atoms with E-state index in [0.29, 0.717) is 19.3 Å². The topological polar surface area (TPSA) is 118 Å². The van der Waals surface area contributed by atoms with Gasteiger partial charge in [-0.1, -0.05) is 30.3 Å². The van der Waals surface area contributed by atoms with Gasteiger partial charge in [0.05, 0.1) is 12.3 Å². The van der Waals surface area contributed by atoms with Gasteiger partial charge < -0.3 is 15.7 Å². The molecule has 8 heteroatoms. The van der Waals surface area contributed by atoms with E-state index in [9.17, 15) is 24.2 Å². The molecule has 1 fully saturated rings. The number of rotatable bonds is 6. The number of nitrogens with zero attached hydrogens (tertiary/aromatic N) is 1. The fraction of sp³-hybridized carbons (Fsp3) is 0.529. The predicted molar refractivity (Wildman–Crippen MR) is 94.3 cm³/mol.